The van der Waals surface area contributed by atoms with Crippen LogP contribution in [0.1, 0.15) is 0 Å². The molecule has 0 fully saturated rings. The van der Waals surface area contributed by atoms with Gasteiger partial charge in [-0.1, -0.05) is 0 Å². The Hall–Kier alpha value is 0.740. The molecule has 3 nitrogen and oxygen atoms in total. The summed E-state index contributed by atoms with van der Waals surface area (Å²) in [6.07, 6.45) is 0.584. The molecule has 10 heavy (non-hydrogen) atoms. The predicted octanol–water partition coefficient (Wildman–Crippen LogP) is 2.22. The lowest BCUT2D eigenvalue weighted by molar-refractivity contribution is 0.305. The van der Waals surface area contributed by atoms with Crippen molar-refractivity contribution in [2.45, 2.75) is 0 Å². The van der Waals surface area contributed by atoms with Crippen molar-refractivity contribution in [2.75, 3.05) is 33.9 Å². The van der Waals surface area contributed by atoms with E-state index in [1.54, 1.807) is 14.2 Å². The van der Waals surface area contributed by atoms with E-state index in [1.807, 2.05) is 13.3 Å². The minimum Gasteiger partial charge on any atom is -0.350 e. The molecule has 0 bridgehead atoms. The van der Waals surface area contributed by atoms with Gasteiger partial charge in [-0.15, -0.1) is 0 Å². The first kappa shape index (κ1) is 10.7. The van der Waals surface area contributed by atoms with Crippen molar-refractivity contribution in [3.8, 4) is 0 Å². The Balaban J connectivity index is 3.26. The molecule has 5 heteroatoms. The van der Waals surface area contributed by atoms with Crippen LogP contribution in [0.25, 0.3) is 0 Å². The quantitative estimate of drug-likeness (QED) is 0.613. The average Bonchev–Trinajstić information content (AvgIpc) is 1.90. The Morgan fingerprint density at radius 2 is 1.60 bits per heavy atom. The summed E-state index contributed by atoms with van der Waals surface area (Å²) >= 11 is 0. The molecule has 0 saturated heterocycles. The molecule has 0 unspecified atom stereocenters. The van der Waals surface area contributed by atoms with Crippen molar-refractivity contribution in [1.82, 2.24) is 0 Å². The topological polar surface area (TPSA) is 27.7 Å². The molecule has 0 N–H and O–H groups in total. The highest BCUT2D eigenvalue weighted by molar-refractivity contribution is 7.52. The van der Waals surface area contributed by atoms with Gasteiger partial charge in [0.1, 0.15) is 6.35 Å². The molecule has 0 aromatic rings. The largest absolute Gasteiger partial charge is 0.350 e. The lowest BCUT2D eigenvalue weighted by atomic mass is 11.7. The molecule has 0 aliphatic rings. The lowest BCUT2D eigenvalue weighted by Crippen LogP contribution is -1.90. The van der Waals surface area contributed by atoms with E-state index in [9.17, 15) is 0 Å². The lowest BCUT2D eigenvalue weighted by Gasteiger charge is -2.13. The van der Waals surface area contributed by atoms with Crippen LogP contribution in [0, 0.1) is 0 Å². The highest BCUT2D eigenvalue weighted by Gasteiger charge is 2.06. The summed E-state index contributed by atoms with van der Waals surface area (Å²) in [5.41, 5.74) is 0. The van der Waals surface area contributed by atoms with E-state index in [-0.39, 0.29) is 8.15 Å². The maximum atomic E-state index is 5.33. The van der Waals surface area contributed by atoms with E-state index < -0.39 is 8.38 Å². The fourth-order valence-corrected chi connectivity index (χ4v) is 2.00. The second-order valence-corrected chi connectivity index (χ2v) is 5.31. The molecule has 0 aromatic carbocycles. The third-order valence-electron chi connectivity index (χ3n) is 0.829. The highest BCUT2D eigenvalue weighted by atomic mass is 31.2. The van der Waals surface area contributed by atoms with Gasteiger partial charge in [0.15, 0.2) is 8.38 Å². The van der Waals surface area contributed by atoms with Crippen molar-refractivity contribution in [3.63, 3.8) is 0 Å². The van der Waals surface area contributed by atoms with Gasteiger partial charge in [-0.25, -0.2) is 0 Å². The molecule has 0 saturated carbocycles. The first-order valence-corrected chi connectivity index (χ1v) is 6.38. The van der Waals surface area contributed by atoms with Gasteiger partial charge in [-0.3, -0.25) is 0 Å². The van der Waals surface area contributed by atoms with Crippen molar-refractivity contribution in [2.24, 2.45) is 0 Å². The van der Waals surface area contributed by atoms with Crippen molar-refractivity contribution >= 4 is 16.5 Å². The first-order valence-electron chi connectivity index (χ1n) is 2.86. The molecule has 0 radical (unpaired) electrons. The fourth-order valence-electron chi connectivity index (χ4n) is 0.343. The minimum atomic E-state index is -0.795. The van der Waals surface area contributed by atoms with Crippen LogP contribution in [-0.2, 0) is 13.6 Å². The van der Waals surface area contributed by atoms with E-state index in [1.165, 1.54) is 0 Å². The summed E-state index contributed by atoms with van der Waals surface area (Å²) < 4.78 is 15.3. The number of hydrogen-bond acceptors (Lipinski definition) is 3. The monoisotopic (exact) mass is 184 g/mol. The third kappa shape index (κ3) is 5.52. The predicted molar refractivity (Wildman–Crippen MR) is 45.7 cm³/mol. The summed E-state index contributed by atoms with van der Waals surface area (Å²) in [6.45, 7) is 4.10. The van der Waals surface area contributed by atoms with Crippen molar-refractivity contribution in [1.29, 1.82) is 0 Å². The van der Waals surface area contributed by atoms with Gasteiger partial charge >= 0.3 is 0 Å². The fraction of sp³-hybridized carbons (Fsp3) is 1.00. The summed E-state index contributed by atoms with van der Waals surface area (Å²) in [4.78, 5) is 0. The minimum absolute atomic E-state index is 0.288. The van der Waals surface area contributed by atoms with Crippen LogP contribution in [0.3, 0.4) is 0 Å². The van der Waals surface area contributed by atoms with Crippen LogP contribution in [0.5, 0.6) is 0 Å². The SMILES string of the molecule is COP(COP(C)C)OC. The molecule has 0 aliphatic heterocycles. The summed E-state index contributed by atoms with van der Waals surface area (Å²) in [5.74, 6) is 0. The summed E-state index contributed by atoms with van der Waals surface area (Å²) in [7, 11) is 2.18. The van der Waals surface area contributed by atoms with E-state index in [0.29, 0.717) is 6.35 Å². The highest BCUT2D eigenvalue weighted by Crippen LogP contribution is 2.40. The van der Waals surface area contributed by atoms with Crippen LogP contribution in [0.2, 0.25) is 0 Å². The molecular formula is C5H14O3P2. The molecule has 0 amide bonds. The van der Waals surface area contributed by atoms with E-state index >= 15 is 0 Å². The maximum Gasteiger partial charge on any atom is 0.198 e. The standard InChI is InChI=1S/C5H14O3P2/c1-6-10(7-2)5-8-9(3)4/h5H2,1-4H3. The third-order valence-corrected chi connectivity index (χ3v) is 2.83. The van der Waals surface area contributed by atoms with Crippen LogP contribution in [0.15, 0.2) is 0 Å². The van der Waals surface area contributed by atoms with Gasteiger partial charge in [0, 0.05) is 22.4 Å². The average molecular weight is 184 g/mol. The number of hydrogen-bond donors (Lipinski definition) is 0. The zero-order valence-electron chi connectivity index (χ0n) is 6.83. The van der Waals surface area contributed by atoms with Crippen LogP contribution >= 0.6 is 16.5 Å². The van der Waals surface area contributed by atoms with Crippen LogP contribution in [-0.4, -0.2) is 33.9 Å². The second kappa shape index (κ2) is 6.45. The number of rotatable bonds is 5. The molecule has 0 spiro atoms. The molecule has 62 valence electrons. The van der Waals surface area contributed by atoms with Gasteiger partial charge in [0.2, 0.25) is 0 Å². The van der Waals surface area contributed by atoms with Crippen molar-refractivity contribution < 1.29 is 13.6 Å². The maximum absolute atomic E-state index is 5.33. The van der Waals surface area contributed by atoms with Crippen molar-refractivity contribution in [3.05, 3.63) is 0 Å². The van der Waals surface area contributed by atoms with Gasteiger partial charge in [0.25, 0.3) is 0 Å². The van der Waals surface area contributed by atoms with E-state index in [2.05, 4.69) is 0 Å². The Morgan fingerprint density at radius 3 is 1.90 bits per heavy atom. The zero-order valence-corrected chi connectivity index (χ0v) is 8.62. The molecular weight excluding hydrogens is 170 g/mol. The Kier molecular flexibility index (Phi) is 6.93. The normalized spacial score (nSPS) is 11.4. The van der Waals surface area contributed by atoms with Crippen LogP contribution in [0.4, 0.5) is 0 Å². The zero-order chi connectivity index (χ0) is 7.98. The Labute approximate surface area is 64.8 Å². The molecule has 0 rings (SSSR count). The Bertz CT molecular complexity index is 75.3. The molecule has 0 aliphatic carbocycles. The smallest absolute Gasteiger partial charge is 0.198 e. The van der Waals surface area contributed by atoms with Crippen LogP contribution < -0.4 is 0 Å². The van der Waals surface area contributed by atoms with E-state index in [4.69, 9.17) is 13.6 Å². The van der Waals surface area contributed by atoms with Gasteiger partial charge < -0.3 is 13.6 Å². The van der Waals surface area contributed by atoms with Gasteiger partial charge in [0.05, 0.1) is 0 Å². The van der Waals surface area contributed by atoms with Gasteiger partial charge in [-0.05, 0) is 13.3 Å². The second-order valence-electron chi connectivity index (χ2n) is 1.77. The van der Waals surface area contributed by atoms with Gasteiger partial charge in [-0.2, -0.15) is 0 Å². The first-order chi connectivity index (χ1) is 4.70. The summed E-state index contributed by atoms with van der Waals surface area (Å²) in [5, 5.41) is 0. The molecule has 0 heterocycles. The molecule has 0 atom stereocenters. The Morgan fingerprint density at radius 1 is 1.10 bits per heavy atom. The molecule has 0 aromatic heterocycles. The van der Waals surface area contributed by atoms with E-state index in [0.717, 1.165) is 0 Å². The summed E-state index contributed by atoms with van der Waals surface area (Å²) in [6, 6.07) is 0.